The van der Waals surface area contributed by atoms with E-state index in [1.54, 1.807) is 12.1 Å². The Hall–Kier alpha value is -2.18. The van der Waals surface area contributed by atoms with E-state index < -0.39 is 0 Å². The van der Waals surface area contributed by atoms with Crippen molar-refractivity contribution in [3.05, 3.63) is 47.3 Å². The second-order valence-electron chi connectivity index (χ2n) is 3.17. The van der Waals surface area contributed by atoms with Crippen molar-refractivity contribution in [3.63, 3.8) is 0 Å². The van der Waals surface area contributed by atoms with Crippen molar-refractivity contribution in [2.45, 2.75) is 13.2 Å². The molecule has 0 unspecified atom stereocenters. The summed E-state index contributed by atoms with van der Waals surface area (Å²) in [7, 11) is 0. The number of rotatable bonds is 4. The van der Waals surface area contributed by atoms with Gasteiger partial charge in [0.05, 0.1) is 12.9 Å². The van der Waals surface area contributed by atoms with Crippen molar-refractivity contribution in [2.75, 3.05) is 0 Å². The predicted molar refractivity (Wildman–Crippen MR) is 60.0 cm³/mol. The van der Waals surface area contributed by atoms with E-state index in [2.05, 4.69) is 4.42 Å². The maximum Gasteiger partial charge on any atom is 0.185 e. The van der Waals surface area contributed by atoms with Gasteiger partial charge >= 0.3 is 0 Å². The molecule has 18 heavy (non-hydrogen) atoms. The number of aldehydes is 2. The molecule has 2 aromatic heterocycles. The fourth-order valence-electron chi connectivity index (χ4n) is 1.12. The molecule has 6 nitrogen and oxygen atoms in total. The second-order valence-corrected chi connectivity index (χ2v) is 3.17. The molecule has 6 heteroatoms. The van der Waals surface area contributed by atoms with Gasteiger partial charge in [-0.25, -0.2) is 0 Å². The molecule has 0 radical (unpaired) electrons. The van der Waals surface area contributed by atoms with Gasteiger partial charge in [-0.15, -0.1) is 0 Å². The minimum Gasteiger partial charge on any atom is -0.461 e. The molecule has 0 saturated carbocycles. The number of hydrogen-bond acceptors (Lipinski definition) is 6. The first-order valence-electron chi connectivity index (χ1n) is 5.02. The van der Waals surface area contributed by atoms with E-state index in [0.717, 1.165) is 0 Å². The summed E-state index contributed by atoms with van der Waals surface area (Å²) in [6.45, 7) is -0.307. The molecule has 0 aliphatic rings. The van der Waals surface area contributed by atoms with Gasteiger partial charge in [0.15, 0.2) is 24.1 Å². The Morgan fingerprint density at radius 1 is 1.06 bits per heavy atom. The van der Waals surface area contributed by atoms with Crippen molar-refractivity contribution in [1.29, 1.82) is 0 Å². The zero-order chi connectivity index (χ0) is 13.4. The lowest BCUT2D eigenvalue weighted by Gasteiger charge is -1.85. The molecule has 0 atom stereocenters. The summed E-state index contributed by atoms with van der Waals surface area (Å²) >= 11 is 0. The molecule has 0 fully saturated rings. The van der Waals surface area contributed by atoms with Gasteiger partial charge in [0, 0.05) is 5.56 Å². The van der Waals surface area contributed by atoms with Gasteiger partial charge in [-0.2, -0.15) is 0 Å². The molecule has 0 aliphatic heterocycles. The quantitative estimate of drug-likeness (QED) is 0.792. The van der Waals surface area contributed by atoms with Crippen LogP contribution in [0.4, 0.5) is 0 Å². The summed E-state index contributed by atoms with van der Waals surface area (Å²) in [5.74, 6) is 0.869. The Morgan fingerprint density at radius 2 is 1.83 bits per heavy atom. The number of hydrogen-bond donors (Lipinski definition) is 2. The van der Waals surface area contributed by atoms with Crippen molar-refractivity contribution < 1.29 is 28.6 Å². The summed E-state index contributed by atoms with van der Waals surface area (Å²) in [6, 6.07) is 4.63. The highest BCUT2D eigenvalue weighted by atomic mass is 16.4. The zero-order valence-corrected chi connectivity index (χ0v) is 9.41. The molecule has 0 amide bonds. The Bertz CT molecular complexity index is 496. The normalized spacial score (nSPS) is 9.44. The van der Waals surface area contributed by atoms with E-state index in [0.29, 0.717) is 23.9 Å². The van der Waals surface area contributed by atoms with Gasteiger partial charge in [-0.3, -0.25) is 9.59 Å². The first-order chi connectivity index (χ1) is 8.74. The molecule has 0 aromatic carbocycles. The standard InChI is InChI=1S/2C6H6O3/c7-3-5-1-2-9-6(5)4-8;7-3-5-1-2-6(4-8)9-5/h1-2,4,7H,3H2;1-3,8H,4H2. The predicted octanol–water partition coefficient (Wildman–Crippen LogP) is 1.17. The molecular formula is C12H12O6. The highest BCUT2D eigenvalue weighted by Gasteiger charge is 2.00. The minimum atomic E-state index is -0.159. The van der Waals surface area contributed by atoms with E-state index in [9.17, 15) is 9.59 Å². The van der Waals surface area contributed by atoms with Crippen LogP contribution in [0.2, 0.25) is 0 Å². The molecule has 0 aliphatic carbocycles. The van der Waals surface area contributed by atoms with Gasteiger partial charge < -0.3 is 19.0 Å². The highest BCUT2D eigenvalue weighted by Crippen LogP contribution is 2.06. The van der Waals surface area contributed by atoms with Crippen LogP contribution in [0.1, 0.15) is 32.4 Å². The first kappa shape index (κ1) is 13.9. The Morgan fingerprint density at radius 3 is 2.22 bits per heavy atom. The number of aliphatic hydroxyl groups is 2. The van der Waals surface area contributed by atoms with Gasteiger partial charge in [0.25, 0.3) is 0 Å². The van der Waals surface area contributed by atoms with Crippen LogP contribution in [-0.4, -0.2) is 22.8 Å². The van der Waals surface area contributed by atoms with Gasteiger partial charge in [-0.05, 0) is 18.2 Å². The molecule has 96 valence electrons. The molecule has 2 rings (SSSR count). The monoisotopic (exact) mass is 252 g/mol. The molecule has 0 saturated heterocycles. The van der Waals surface area contributed by atoms with Gasteiger partial charge in [0.1, 0.15) is 12.4 Å². The molecule has 2 aromatic rings. The zero-order valence-electron chi connectivity index (χ0n) is 9.41. The maximum atomic E-state index is 10.0. The first-order valence-corrected chi connectivity index (χ1v) is 5.02. The fourth-order valence-corrected chi connectivity index (χ4v) is 1.12. The van der Waals surface area contributed by atoms with E-state index >= 15 is 0 Å². The van der Waals surface area contributed by atoms with E-state index in [1.807, 2.05) is 0 Å². The van der Waals surface area contributed by atoms with Crippen LogP contribution in [0, 0.1) is 0 Å². The van der Waals surface area contributed by atoms with Crippen molar-refractivity contribution >= 4 is 12.6 Å². The van der Waals surface area contributed by atoms with Crippen molar-refractivity contribution in [1.82, 2.24) is 0 Å². The SMILES string of the molecule is O=Cc1ccc(CO)o1.O=Cc1occc1CO. The largest absolute Gasteiger partial charge is 0.461 e. The number of carbonyl (C=O) groups is 2. The van der Waals surface area contributed by atoms with Gasteiger partial charge in [0.2, 0.25) is 0 Å². The van der Waals surface area contributed by atoms with Crippen LogP contribution in [0.25, 0.3) is 0 Å². The Labute approximate surface area is 102 Å². The van der Waals surface area contributed by atoms with Crippen molar-refractivity contribution in [3.8, 4) is 0 Å². The maximum absolute atomic E-state index is 10.0. The summed E-state index contributed by atoms with van der Waals surface area (Å²) in [4.78, 5) is 20.0. The molecule has 0 bridgehead atoms. The molecular weight excluding hydrogens is 240 g/mol. The number of carbonyl (C=O) groups excluding carboxylic acids is 2. The average molecular weight is 252 g/mol. The molecule has 0 spiro atoms. The van der Waals surface area contributed by atoms with Crippen LogP contribution in [0.5, 0.6) is 0 Å². The Kier molecular flexibility index (Phi) is 5.56. The van der Waals surface area contributed by atoms with E-state index in [1.165, 1.54) is 12.3 Å². The third-order valence-electron chi connectivity index (χ3n) is 2.01. The van der Waals surface area contributed by atoms with Crippen LogP contribution in [0.3, 0.4) is 0 Å². The number of furan rings is 2. The lowest BCUT2D eigenvalue weighted by Crippen LogP contribution is -1.84. The smallest absolute Gasteiger partial charge is 0.185 e. The average Bonchev–Trinajstić information content (AvgIpc) is 3.07. The summed E-state index contributed by atoms with van der Waals surface area (Å²) in [5.41, 5.74) is 0.532. The van der Waals surface area contributed by atoms with Crippen LogP contribution < -0.4 is 0 Å². The van der Waals surface area contributed by atoms with Crippen molar-refractivity contribution in [2.24, 2.45) is 0 Å². The third-order valence-corrected chi connectivity index (χ3v) is 2.01. The van der Waals surface area contributed by atoms with Crippen LogP contribution >= 0.6 is 0 Å². The lowest BCUT2D eigenvalue weighted by molar-refractivity contribution is 0.108. The summed E-state index contributed by atoms with van der Waals surface area (Å²) in [5, 5.41) is 17.0. The summed E-state index contributed by atoms with van der Waals surface area (Å²) in [6.07, 6.45) is 2.54. The second kappa shape index (κ2) is 7.21. The van der Waals surface area contributed by atoms with Gasteiger partial charge in [-0.1, -0.05) is 0 Å². The third kappa shape index (κ3) is 3.69. The van der Waals surface area contributed by atoms with E-state index in [4.69, 9.17) is 14.6 Å². The summed E-state index contributed by atoms with van der Waals surface area (Å²) < 4.78 is 9.44. The molecule has 2 heterocycles. The fraction of sp³-hybridized carbons (Fsp3) is 0.167. The van der Waals surface area contributed by atoms with Crippen LogP contribution in [-0.2, 0) is 13.2 Å². The van der Waals surface area contributed by atoms with Crippen LogP contribution in [0.15, 0.2) is 33.3 Å². The molecule has 2 N–H and O–H groups in total. The lowest BCUT2D eigenvalue weighted by atomic mass is 10.3. The minimum absolute atomic E-state index is 0.148. The highest BCUT2D eigenvalue weighted by molar-refractivity contribution is 5.72. The van der Waals surface area contributed by atoms with E-state index in [-0.39, 0.29) is 24.7 Å². The number of aliphatic hydroxyl groups excluding tert-OH is 2. The Balaban J connectivity index is 0.000000180. The topological polar surface area (TPSA) is 101 Å².